The van der Waals surface area contributed by atoms with Crippen molar-refractivity contribution in [2.75, 3.05) is 36.1 Å². The highest BCUT2D eigenvalue weighted by Crippen LogP contribution is 2.31. The minimum Gasteiger partial charge on any atom is -0.469 e. The van der Waals surface area contributed by atoms with Crippen LogP contribution in [0, 0.1) is 5.92 Å². The van der Waals surface area contributed by atoms with E-state index in [1.807, 2.05) is 30.3 Å². The molecule has 0 saturated carbocycles. The predicted molar refractivity (Wildman–Crippen MR) is 93.1 cm³/mol. The van der Waals surface area contributed by atoms with Gasteiger partial charge in [-0.15, -0.1) is 0 Å². The van der Waals surface area contributed by atoms with Gasteiger partial charge < -0.3 is 20.7 Å². The number of hydrogen-bond donors (Lipinski definition) is 2. The molecule has 0 radical (unpaired) electrons. The SMILES string of the molecule is COC(=O)C1CCN(c2ncnc(Nc3ccccc3)c2N)CC1. The van der Waals surface area contributed by atoms with Crippen molar-refractivity contribution in [3.05, 3.63) is 36.7 Å². The fraction of sp³-hybridized carbons (Fsp3) is 0.353. The lowest BCUT2D eigenvalue weighted by atomic mass is 9.97. The number of nitrogens with zero attached hydrogens (tertiary/aromatic N) is 3. The van der Waals surface area contributed by atoms with Gasteiger partial charge in [0.1, 0.15) is 12.0 Å². The summed E-state index contributed by atoms with van der Waals surface area (Å²) >= 11 is 0. The smallest absolute Gasteiger partial charge is 0.308 e. The van der Waals surface area contributed by atoms with Crippen LogP contribution in [-0.2, 0) is 9.53 Å². The largest absolute Gasteiger partial charge is 0.469 e. The number of methoxy groups -OCH3 is 1. The first-order valence-electron chi connectivity index (χ1n) is 7.94. The van der Waals surface area contributed by atoms with E-state index in [2.05, 4.69) is 20.2 Å². The van der Waals surface area contributed by atoms with Crippen LogP contribution in [0.25, 0.3) is 0 Å². The molecule has 1 aliphatic rings. The number of anilines is 4. The molecular weight excluding hydrogens is 306 g/mol. The van der Waals surface area contributed by atoms with Gasteiger partial charge in [0.2, 0.25) is 0 Å². The Kier molecular flexibility index (Phi) is 4.79. The summed E-state index contributed by atoms with van der Waals surface area (Å²) in [5, 5.41) is 3.21. The van der Waals surface area contributed by atoms with Crippen molar-refractivity contribution >= 4 is 29.0 Å². The number of rotatable bonds is 4. The first-order chi connectivity index (χ1) is 11.7. The van der Waals surface area contributed by atoms with E-state index in [1.165, 1.54) is 13.4 Å². The van der Waals surface area contributed by atoms with E-state index in [-0.39, 0.29) is 11.9 Å². The maximum Gasteiger partial charge on any atom is 0.308 e. The second-order valence-electron chi connectivity index (χ2n) is 5.74. The van der Waals surface area contributed by atoms with Gasteiger partial charge in [-0.2, -0.15) is 0 Å². The summed E-state index contributed by atoms with van der Waals surface area (Å²) in [7, 11) is 1.43. The lowest BCUT2D eigenvalue weighted by Crippen LogP contribution is -2.37. The Balaban J connectivity index is 1.73. The van der Waals surface area contributed by atoms with Crippen LogP contribution in [-0.4, -0.2) is 36.1 Å². The zero-order chi connectivity index (χ0) is 16.9. The number of carbonyl (C=O) groups excluding carboxylic acids is 1. The Bertz CT molecular complexity index is 699. The average molecular weight is 327 g/mol. The number of ether oxygens (including phenoxy) is 1. The Morgan fingerprint density at radius 1 is 1.25 bits per heavy atom. The van der Waals surface area contributed by atoms with Gasteiger partial charge in [0.25, 0.3) is 0 Å². The van der Waals surface area contributed by atoms with Crippen molar-refractivity contribution in [2.45, 2.75) is 12.8 Å². The third kappa shape index (κ3) is 3.40. The van der Waals surface area contributed by atoms with E-state index in [0.717, 1.165) is 18.5 Å². The quantitative estimate of drug-likeness (QED) is 0.831. The topological polar surface area (TPSA) is 93.4 Å². The Labute approximate surface area is 140 Å². The first kappa shape index (κ1) is 16.0. The summed E-state index contributed by atoms with van der Waals surface area (Å²) in [6.45, 7) is 1.43. The molecule has 0 spiro atoms. The number of benzene rings is 1. The van der Waals surface area contributed by atoms with Crippen LogP contribution in [0.2, 0.25) is 0 Å². The zero-order valence-corrected chi connectivity index (χ0v) is 13.6. The predicted octanol–water partition coefficient (Wildman–Crippen LogP) is 2.19. The number of nitrogens with one attached hydrogen (secondary N) is 1. The van der Waals surface area contributed by atoms with Crippen molar-refractivity contribution in [1.82, 2.24) is 9.97 Å². The number of aromatic nitrogens is 2. The molecule has 7 heteroatoms. The molecule has 7 nitrogen and oxygen atoms in total. The third-order valence-electron chi connectivity index (χ3n) is 4.23. The molecule has 3 N–H and O–H groups in total. The molecule has 0 atom stereocenters. The second kappa shape index (κ2) is 7.16. The first-order valence-corrected chi connectivity index (χ1v) is 7.94. The standard InChI is InChI=1S/C17H21N5O2/c1-24-17(23)12-7-9-22(10-8-12)16-14(18)15(19-11-20-16)21-13-5-3-2-4-6-13/h2-6,11-12H,7-10,18H2,1H3,(H,19,20,21). The molecule has 2 aromatic rings. The molecule has 1 aromatic carbocycles. The molecular formula is C17H21N5O2. The second-order valence-corrected chi connectivity index (χ2v) is 5.74. The molecule has 2 heterocycles. The molecule has 3 rings (SSSR count). The van der Waals surface area contributed by atoms with E-state index in [0.29, 0.717) is 30.4 Å². The van der Waals surface area contributed by atoms with Gasteiger partial charge in [0, 0.05) is 18.8 Å². The molecule has 1 aliphatic heterocycles. The molecule has 1 saturated heterocycles. The van der Waals surface area contributed by atoms with Crippen molar-refractivity contribution in [2.24, 2.45) is 5.92 Å². The Morgan fingerprint density at radius 3 is 2.62 bits per heavy atom. The maximum absolute atomic E-state index is 11.6. The highest BCUT2D eigenvalue weighted by molar-refractivity contribution is 5.78. The van der Waals surface area contributed by atoms with Crippen molar-refractivity contribution in [3.63, 3.8) is 0 Å². The number of hydrogen-bond acceptors (Lipinski definition) is 7. The fourth-order valence-corrected chi connectivity index (χ4v) is 2.89. The van der Waals surface area contributed by atoms with Gasteiger partial charge in [0.15, 0.2) is 11.6 Å². The number of para-hydroxylation sites is 1. The Morgan fingerprint density at radius 2 is 1.96 bits per heavy atom. The van der Waals surface area contributed by atoms with Crippen LogP contribution in [0.1, 0.15) is 12.8 Å². The lowest BCUT2D eigenvalue weighted by Gasteiger charge is -2.32. The van der Waals surface area contributed by atoms with Crippen LogP contribution >= 0.6 is 0 Å². The summed E-state index contributed by atoms with van der Waals surface area (Å²) < 4.78 is 4.82. The molecule has 0 bridgehead atoms. The van der Waals surface area contributed by atoms with Crippen LogP contribution in [0.5, 0.6) is 0 Å². The minimum absolute atomic E-state index is 0.0452. The molecule has 1 fully saturated rings. The number of piperidine rings is 1. The lowest BCUT2D eigenvalue weighted by molar-refractivity contribution is -0.146. The molecule has 1 aromatic heterocycles. The summed E-state index contributed by atoms with van der Waals surface area (Å²) in [5.41, 5.74) is 7.69. The van der Waals surface area contributed by atoms with Gasteiger partial charge in [-0.25, -0.2) is 9.97 Å². The summed E-state index contributed by atoms with van der Waals surface area (Å²) in [4.78, 5) is 22.3. The summed E-state index contributed by atoms with van der Waals surface area (Å²) in [6, 6.07) is 9.73. The minimum atomic E-state index is -0.142. The molecule has 126 valence electrons. The van der Waals surface area contributed by atoms with Gasteiger partial charge in [-0.3, -0.25) is 4.79 Å². The summed E-state index contributed by atoms with van der Waals surface area (Å²) in [5.74, 6) is 1.10. The van der Waals surface area contributed by atoms with E-state index in [4.69, 9.17) is 10.5 Å². The summed E-state index contributed by atoms with van der Waals surface area (Å²) in [6.07, 6.45) is 2.97. The van der Waals surface area contributed by atoms with Gasteiger partial charge in [-0.05, 0) is 25.0 Å². The van der Waals surface area contributed by atoms with Gasteiger partial charge >= 0.3 is 5.97 Å². The highest BCUT2D eigenvalue weighted by atomic mass is 16.5. The molecule has 0 unspecified atom stereocenters. The number of nitrogen functional groups attached to an aromatic ring is 1. The van der Waals surface area contributed by atoms with E-state index in [9.17, 15) is 4.79 Å². The third-order valence-corrected chi connectivity index (χ3v) is 4.23. The van der Waals surface area contributed by atoms with Crippen LogP contribution < -0.4 is 16.0 Å². The number of nitrogens with two attached hydrogens (primary N) is 1. The zero-order valence-electron chi connectivity index (χ0n) is 13.6. The normalized spacial score (nSPS) is 15.1. The fourth-order valence-electron chi connectivity index (χ4n) is 2.89. The Hall–Kier alpha value is -2.83. The molecule has 24 heavy (non-hydrogen) atoms. The maximum atomic E-state index is 11.6. The van der Waals surface area contributed by atoms with Gasteiger partial charge in [-0.1, -0.05) is 18.2 Å². The van der Waals surface area contributed by atoms with Crippen LogP contribution in [0.3, 0.4) is 0 Å². The van der Waals surface area contributed by atoms with E-state index < -0.39 is 0 Å². The van der Waals surface area contributed by atoms with E-state index >= 15 is 0 Å². The van der Waals surface area contributed by atoms with E-state index in [1.54, 1.807) is 0 Å². The van der Waals surface area contributed by atoms with Crippen LogP contribution in [0.4, 0.5) is 23.0 Å². The van der Waals surface area contributed by atoms with Crippen molar-refractivity contribution in [1.29, 1.82) is 0 Å². The van der Waals surface area contributed by atoms with Crippen molar-refractivity contribution < 1.29 is 9.53 Å². The molecule has 0 aliphatic carbocycles. The number of carbonyl (C=O) groups is 1. The average Bonchev–Trinajstić information content (AvgIpc) is 2.64. The molecule has 0 amide bonds. The van der Waals surface area contributed by atoms with Crippen LogP contribution in [0.15, 0.2) is 36.7 Å². The monoisotopic (exact) mass is 327 g/mol. The number of esters is 1. The van der Waals surface area contributed by atoms with Gasteiger partial charge in [0.05, 0.1) is 13.0 Å². The van der Waals surface area contributed by atoms with Crippen molar-refractivity contribution in [3.8, 4) is 0 Å². The highest BCUT2D eigenvalue weighted by Gasteiger charge is 2.27.